The Balaban J connectivity index is 1.95. The van der Waals surface area contributed by atoms with Gasteiger partial charge in [0.25, 0.3) is 5.56 Å². The van der Waals surface area contributed by atoms with Gasteiger partial charge in [0.1, 0.15) is 11.1 Å². The maximum absolute atomic E-state index is 13.0. The number of hydrogen-bond donors (Lipinski definition) is 0. The van der Waals surface area contributed by atoms with E-state index in [1.165, 1.54) is 10.7 Å². The number of rotatable bonds is 3. The first-order valence-corrected chi connectivity index (χ1v) is 8.52. The molecule has 8 heteroatoms. The fraction of sp³-hybridized carbons (Fsp3) is 0.211. The quantitative estimate of drug-likeness (QED) is 0.518. The molecule has 4 aromatic rings. The molecule has 0 unspecified atom stereocenters. The van der Waals surface area contributed by atoms with Gasteiger partial charge in [0.15, 0.2) is 11.2 Å². The SMILES string of the molecule is CCOC(=O)c1cnn2c1nnc1c(=O)n(-c3cccc(C)c3C)ccc12. The summed E-state index contributed by atoms with van der Waals surface area (Å²) in [4.78, 5) is 25.0. The third-order valence-corrected chi connectivity index (χ3v) is 4.59. The average molecular weight is 363 g/mol. The van der Waals surface area contributed by atoms with Crippen LogP contribution >= 0.6 is 0 Å². The number of carbonyl (C=O) groups excluding carboxylic acids is 1. The number of ether oxygens (including phenoxy) is 1. The molecule has 3 aromatic heterocycles. The number of aromatic nitrogens is 5. The van der Waals surface area contributed by atoms with Crippen LogP contribution in [-0.2, 0) is 4.74 Å². The van der Waals surface area contributed by atoms with Crippen LogP contribution in [0.3, 0.4) is 0 Å². The number of fused-ring (bicyclic) bond motifs is 3. The lowest BCUT2D eigenvalue weighted by Gasteiger charge is -2.11. The molecular formula is C19H17N5O3. The lowest BCUT2D eigenvalue weighted by molar-refractivity contribution is 0.0528. The first kappa shape index (κ1) is 16.9. The summed E-state index contributed by atoms with van der Waals surface area (Å²) in [6.07, 6.45) is 3.05. The highest BCUT2D eigenvalue weighted by molar-refractivity contribution is 5.96. The Morgan fingerprint density at radius 3 is 2.78 bits per heavy atom. The van der Waals surface area contributed by atoms with Crippen molar-refractivity contribution in [3.8, 4) is 5.69 Å². The second-order valence-corrected chi connectivity index (χ2v) is 6.16. The van der Waals surface area contributed by atoms with E-state index in [4.69, 9.17) is 4.74 Å². The number of aryl methyl sites for hydroxylation is 1. The summed E-state index contributed by atoms with van der Waals surface area (Å²) in [6, 6.07) is 7.52. The highest BCUT2D eigenvalue weighted by Gasteiger charge is 2.19. The largest absolute Gasteiger partial charge is 0.462 e. The first-order chi connectivity index (χ1) is 13.0. The monoisotopic (exact) mass is 363 g/mol. The van der Waals surface area contributed by atoms with Gasteiger partial charge in [-0.15, -0.1) is 10.2 Å². The Morgan fingerprint density at radius 2 is 2.00 bits per heavy atom. The molecule has 0 N–H and O–H groups in total. The summed E-state index contributed by atoms with van der Waals surface area (Å²) in [6.45, 7) is 5.93. The highest BCUT2D eigenvalue weighted by atomic mass is 16.5. The summed E-state index contributed by atoms with van der Waals surface area (Å²) in [5, 5.41) is 12.3. The van der Waals surface area contributed by atoms with Crippen LogP contribution in [0.1, 0.15) is 28.4 Å². The minimum absolute atomic E-state index is 0.171. The lowest BCUT2D eigenvalue weighted by atomic mass is 10.1. The van der Waals surface area contributed by atoms with Gasteiger partial charge >= 0.3 is 5.97 Å². The van der Waals surface area contributed by atoms with Crippen LogP contribution in [0.4, 0.5) is 0 Å². The van der Waals surface area contributed by atoms with Gasteiger partial charge in [-0.05, 0) is 44.0 Å². The zero-order valence-corrected chi connectivity index (χ0v) is 15.1. The Morgan fingerprint density at radius 1 is 1.19 bits per heavy atom. The minimum atomic E-state index is -0.523. The van der Waals surface area contributed by atoms with Crippen molar-refractivity contribution in [3.05, 3.63) is 63.7 Å². The van der Waals surface area contributed by atoms with Crippen LogP contribution in [0.15, 0.2) is 41.5 Å². The summed E-state index contributed by atoms with van der Waals surface area (Å²) < 4.78 is 7.98. The maximum atomic E-state index is 13.0. The molecule has 0 aliphatic rings. The minimum Gasteiger partial charge on any atom is -0.462 e. The molecule has 1 aromatic carbocycles. The van der Waals surface area contributed by atoms with Crippen LogP contribution < -0.4 is 5.56 Å². The Bertz CT molecular complexity index is 1260. The van der Waals surface area contributed by atoms with Crippen molar-refractivity contribution in [1.82, 2.24) is 24.4 Å². The van der Waals surface area contributed by atoms with Gasteiger partial charge in [0.05, 0.1) is 18.5 Å². The standard InChI is InChI=1S/C19H17N5O3/c1-4-27-19(26)13-10-20-24-15-8-9-23(14-7-5-6-11(2)12(14)3)18(25)16(15)21-22-17(13)24/h5-10H,4H2,1-3H3. The van der Waals surface area contributed by atoms with Gasteiger partial charge in [0, 0.05) is 6.20 Å². The second kappa shape index (κ2) is 6.31. The molecule has 8 nitrogen and oxygen atoms in total. The van der Waals surface area contributed by atoms with Crippen molar-refractivity contribution in [2.75, 3.05) is 6.61 Å². The van der Waals surface area contributed by atoms with E-state index in [0.717, 1.165) is 16.8 Å². The molecule has 3 heterocycles. The van der Waals surface area contributed by atoms with Crippen LogP contribution in [0.25, 0.3) is 22.4 Å². The molecule has 0 fully saturated rings. The van der Waals surface area contributed by atoms with E-state index >= 15 is 0 Å². The predicted octanol–water partition coefficient (Wildman–Crippen LogP) is 2.22. The van der Waals surface area contributed by atoms with Gasteiger partial charge in [-0.25, -0.2) is 9.31 Å². The topological polar surface area (TPSA) is 91.4 Å². The molecule has 4 rings (SSSR count). The van der Waals surface area contributed by atoms with Gasteiger partial charge in [-0.1, -0.05) is 12.1 Å². The molecule has 0 amide bonds. The lowest BCUT2D eigenvalue weighted by Crippen LogP contribution is -2.21. The normalized spacial score (nSPS) is 11.2. The Labute approximate surface area is 154 Å². The molecule has 0 spiro atoms. The number of benzene rings is 1. The van der Waals surface area contributed by atoms with E-state index in [2.05, 4.69) is 15.3 Å². The summed E-state index contributed by atoms with van der Waals surface area (Å²) in [7, 11) is 0. The molecule has 0 aliphatic carbocycles. The van der Waals surface area contributed by atoms with E-state index in [1.807, 2.05) is 32.0 Å². The molecule has 136 valence electrons. The molecule has 0 bridgehead atoms. The number of nitrogens with zero attached hydrogens (tertiary/aromatic N) is 5. The van der Waals surface area contributed by atoms with Crippen LogP contribution in [0, 0.1) is 13.8 Å². The zero-order valence-electron chi connectivity index (χ0n) is 15.1. The van der Waals surface area contributed by atoms with Gasteiger partial charge < -0.3 is 4.74 Å². The van der Waals surface area contributed by atoms with E-state index in [-0.39, 0.29) is 28.9 Å². The van der Waals surface area contributed by atoms with Crippen LogP contribution in [0.5, 0.6) is 0 Å². The second-order valence-electron chi connectivity index (χ2n) is 6.16. The number of pyridine rings is 1. The third-order valence-electron chi connectivity index (χ3n) is 4.59. The summed E-state index contributed by atoms with van der Waals surface area (Å²) in [5.41, 5.74) is 3.70. The zero-order chi connectivity index (χ0) is 19.1. The van der Waals surface area contributed by atoms with Gasteiger partial charge in [-0.3, -0.25) is 9.36 Å². The van der Waals surface area contributed by atoms with Crippen molar-refractivity contribution in [2.24, 2.45) is 0 Å². The Hall–Kier alpha value is -3.55. The number of esters is 1. The van der Waals surface area contributed by atoms with Crippen molar-refractivity contribution < 1.29 is 9.53 Å². The van der Waals surface area contributed by atoms with Crippen molar-refractivity contribution in [3.63, 3.8) is 0 Å². The summed E-state index contributed by atoms with van der Waals surface area (Å²) in [5.74, 6) is -0.523. The van der Waals surface area contributed by atoms with Crippen molar-refractivity contribution in [2.45, 2.75) is 20.8 Å². The fourth-order valence-corrected chi connectivity index (χ4v) is 3.03. The van der Waals surface area contributed by atoms with E-state index in [1.54, 1.807) is 23.8 Å². The third kappa shape index (κ3) is 2.57. The molecule has 0 radical (unpaired) electrons. The number of carbonyl (C=O) groups is 1. The average Bonchev–Trinajstić information content (AvgIpc) is 3.09. The maximum Gasteiger partial charge on any atom is 0.343 e. The van der Waals surface area contributed by atoms with Crippen molar-refractivity contribution in [1.29, 1.82) is 0 Å². The van der Waals surface area contributed by atoms with Gasteiger partial charge in [0.2, 0.25) is 0 Å². The van der Waals surface area contributed by atoms with Crippen molar-refractivity contribution >= 4 is 22.6 Å². The van der Waals surface area contributed by atoms with E-state index in [9.17, 15) is 9.59 Å². The predicted molar refractivity (Wildman–Crippen MR) is 99.3 cm³/mol. The van der Waals surface area contributed by atoms with Gasteiger partial charge in [-0.2, -0.15) is 5.10 Å². The molecule has 0 saturated carbocycles. The molecule has 0 saturated heterocycles. The van der Waals surface area contributed by atoms with E-state index < -0.39 is 5.97 Å². The highest BCUT2D eigenvalue weighted by Crippen LogP contribution is 2.18. The fourth-order valence-electron chi connectivity index (χ4n) is 3.03. The van der Waals surface area contributed by atoms with E-state index in [0.29, 0.717) is 5.52 Å². The summed E-state index contributed by atoms with van der Waals surface area (Å²) >= 11 is 0. The molecule has 27 heavy (non-hydrogen) atoms. The smallest absolute Gasteiger partial charge is 0.343 e. The molecule has 0 aliphatic heterocycles. The van der Waals surface area contributed by atoms with Crippen LogP contribution in [0.2, 0.25) is 0 Å². The molecule has 0 atom stereocenters. The van der Waals surface area contributed by atoms with Crippen LogP contribution in [-0.4, -0.2) is 37.0 Å². The Kier molecular flexibility index (Phi) is 3.95. The molecular weight excluding hydrogens is 346 g/mol. The first-order valence-electron chi connectivity index (χ1n) is 8.52. The number of hydrogen-bond acceptors (Lipinski definition) is 6.